The van der Waals surface area contributed by atoms with E-state index in [1.807, 2.05) is 0 Å². The fourth-order valence-corrected chi connectivity index (χ4v) is 0.748. The summed E-state index contributed by atoms with van der Waals surface area (Å²) >= 11 is 0. The maximum Gasteiger partial charge on any atom is 0.354 e. The molecule has 0 saturated heterocycles. The van der Waals surface area contributed by atoms with Crippen molar-refractivity contribution in [1.82, 2.24) is 9.97 Å². The molecule has 0 fully saturated rings. The van der Waals surface area contributed by atoms with Crippen molar-refractivity contribution < 1.29 is 15.1 Å². The summed E-state index contributed by atoms with van der Waals surface area (Å²) in [4.78, 5) is 17.8. The van der Waals surface area contributed by atoms with Crippen LogP contribution in [-0.2, 0) is 11.2 Å². The highest BCUT2D eigenvalue weighted by Crippen LogP contribution is 1.95. The van der Waals surface area contributed by atoms with Crippen LogP contribution in [-0.4, -0.2) is 32.0 Å². The Bertz CT molecular complexity index is 323. The van der Waals surface area contributed by atoms with Crippen LogP contribution in [0.3, 0.4) is 0 Å². The summed E-state index contributed by atoms with van der Waals surface area (Å²) in [6, 6.07) is 1.55. The van der Waals surface area contributed by atoms with E-state index in [-0.39, 0.29) is 12.1 Å². The number of carboxylic acids is 1. The minimum absolute atomic E-state index is 0.0195. The van der Waals surface area contributed by atoms with Gasteiger partial charge >= 0.3 is 5.97 Å². The van der Waals surface area contributed by atoms with Gasteiger partial charge in [0.25, 0.3) is 0 Å². The second-order valence-electron chi connectivity index (χ2n) is 2.23. The molecule has 0 spiro atoms. The van der Waals surface area contributed by atoms with Crippen molar-refractivity contribution in [3.63, 3.8) is 0 Å². The predicted molar refractivity (Wildman–Crippen MR) is 42.6 cm³/mol. The molecule has 2 N–H and O–H groups in total. The number of hydrogen-bond acceptors (Lipinski definition) is 5. The van der Waals surface area contributed by atoms with Crippen LogP contribution in [0.1, 0.15) is 5.69 Å². The summed E-state index contributed by atoms with van der Waals surface area (Å²) in [6.07, 6.45) is 2.76. The zero-order chi connectivity index (χ0) is 9.68. The molecule has 1 rings (SSSR count). The molecule has 0 aliphatic rings. The third-order valence-corrected chi connectivity index (χ3v) is 1.36. The lowest BCUT2D eigenvalue weighted by Gasteiger charge is -1.97. The Morgan fingerprint density at radius 2 is 2.38 bits per heavy atom. The second kappa shape index (κ2) is 4.15. The first-order valence-electron chi connectivity index (χ1n) is 3.43. The Morgan fingerprint density at radius 3 is 2.85 bits per heavy atom. The van der Waals surface area contributed by atoms with Gasteiger partial charge in [0.1, 0.15) is 6.33 Å². The summed E-state index contributed by atoms with van der Waals surface area (Å²) in [7, 11) is 0. The van der Waals surface area contributed by atoms with Crippen molar-refractivity contribution >= 4 is 11.7 Å². The first-order chi connectivity index (χ1) is 6.24. The van der Waals surface area contributed by atoms with Crippen molar-refractivity contribution in [2.24, 2.45) is 5.16 Å². The lowest BCUT2D eigenvalue weighted by molar-refractivity contribution is -0.129. The quantitative estimate of drug-likeness (QED) is 0.386. The summed E-state index contributed by atoms with van der Waals surface area (Å²) < 4.78 is 0. The topological polar surface area (TPSA) is 95.7 Å². The summed E-state index contributed by atoms with van der Waals surface area (Å²) in [6.45, 7) is 0. The van der Waals surface area contributed by atoms with Crippen LogP contribution in [0.25, 0.3) is 0 Å². The molecule has 68 valence electrons. The maximum absolute atomic E-state index is 10.4. The lowest BCUT2D eigenvalue weighted by Crippen LogP contribution is -2.16. The summed E-state index contributed by atoms with van der Waals surface area (Å²) in [5, 5.41) is 19.5. The molecule has 1 heterocycles. The molecule has 0 aliphatic carbocycles. The SMILES string of the molecule is O=C(O)/C(Cc1ccncn1)=N\O. The minimum Gasteiger partial charge on any atom is -0.477 e. The van der Waals surface area contributed by atoms with E-state index in [9.17, 15) is 4.79 Å². The fraction of sp³-hybridized carbons (Fsp3) is 0.143. The molecule has 13 heavy (non-hydrogen) atoms. The number of aromatic nitrogens is 2. The molecule has 1 aromatic rings. The van der Waals surface area contributed by atoms with Crippen LogP contribution in [0.5, 0.6) is 0 Å². The molecule has 0 unspecified atom stereocenters. The average Bonchev–Trinajstić information content (AvgIpc) is 2.15. The summed E-state index contributed by atoms with van der Waals surface area (Å²) in [5.74, 6) is -1.26. The Hall–Kier alpha value is -1.98. The number of aliphatic carboxylic acids is 1. The number of carboxylic acid groups (broad SMARTS) is 1. The number of oxime groups is 1. The van der Waals surface area contributed by atoms with E-state index in [1.54, 1.807) is 6.07 Å². The van der Waals surface area contributed by atoms with Gasteiger partial charge in [-0.05, 0) is 6.07 Å². The second-order valence-corrected chi connectivity index (χ2v) is 2.23. The predicted octanol–water partition coefficient (Wildman–Crippen LogP) is -0.0661. The van der Waals surface area contributed by atoms with Gasteiger partial charge in [-0.25, -0.2) is 14.8 Å². The molecule has 0 bridgehead atoms. The van der Waals surface area contributed by atoms with E-state index in [2.05, 4.69) is 15.1 Å². The average molecular weight is 181 g/mol. The van der Waals surface area contributed by atoms with Gasteiger partial charge < -0.3 is 10.3 Å². The highest BCUT2D eigenvalue weighted by molar-refractivity contribution is 6.35. The number of rotatable bonds is 3. The van der Waals surface area contributed by atoms with Crippen LogP contribution < -0.4 is 0 Å². The smallest absolute Gasteiger partial charge is 0.354 e. The monoisotopic (exact) mass is 181 g/mol. The van der Waals surface area contributed by atoms with Gasteiger partial charge in [0.05, 0.1) is 5.69 Å². The molecule has 0 saturated carbocycles. The molecular formula is C7H7N3O3. The Labute approximate surface area is 73.6 Å². The van der Waals surface area contributed by atoms with Crippen LogP contribution in [0.4, 0.5) is 0 Å². The van der Waals surface area contributed by atoms with Gasteiger partial charge in [-0.15, -0.1) is 0 Å². The van der Waals surface area contributed by atoms with Crippen LogP contribution >= 0.6 is 0 Å². The molecule has 6 heteroatoms. The highest BCUT2D eigenvalue weighted by Gasteiger charge is 2.11. The molecule has 0 aliphatic heterocycles. The molecule has 6 nitrogen and oxygen atoms in total. The van der Waals surface area contributed by atoms with Crippen molar-refractivity contribution in [3.8, 4) is 0 Å². The van der Waals surface area contributed by atoms with E-state index in [0.29, 0.717) is 5.69 Å². The standard InChI is InChI=1S/C7H7N3O3/c11-7(12)6(10-13)3-5-1-2-8-4-9-5/h1-2,4,13H,3H2,(H,11,12)/b10-6-. The van der Waals surface area contributed by atoms with Crippen molar-refractivity contribution in [2.75, 3.05) is 0 Å². The molecule has 0 aromatic carbocycles. The van der Waals surface area contributed by atoms with Crippen LogP contribution in [0.2, 0.25) is 0 Å². The number of nitrogens with zero attached hydrogens (tertiary/aromatic N) is 3. The largest absolute Gasteiger partial charge is 0.477 e. The van der Waals surface area contributed by atoms with Gasteiger partial charge in [0.15, 0.2) is 5.71 Å². The molecular weight excluding hydrogens is 174 g/mol. The fourth-order valence-electron chi connectivity index (χ4n) is 0.748. The van der Waals surface area contributed by atoms with Crippen LogP contribution in [0.15, 0.2) is 23.7 Å². The van der Waals surface area contributed by atoms with E-state index in [0.717, 1.165) is 0 Å². The van der Waals surface area contributed by atoms with Gasteiger partial charge in [-0.1, -0.05) is 5.16 Å². The lowest BCUT2D eigenvalue weighted by atomic mass is 10.2. The van der Waals surface area contributed by atoms with Gasteiger partial charge in [-0.2, -0.15) is 0 Å². The number of carbonyl (C=O) groups is 1. The molecule has 0 amide bonds. The van der Waals surface area contributed by atoms with Crippen molar-refractivity contribution in [3.05, 3.63) is 24.3 Å². The zero-order valence-corrected chi connectivity index (χ0v) is 6.58. The molecule has 0 radical (unpaired) electrons. The van der Waals surface area contributed by atoms with E-state index >= 15 is 0 Å². The minimum atomic E-state index is -1.26. The highest BCUT2D eigenvalue weighted by atomic mass is 16.4. The van der Waals surface area contributed by atoms with E-state index in [1.165, 1.54) is 12.5 Å². The Balaban J connectivity index is 2.74. The summed E-state index contributed by atoms with van der Waals surface area (Å²) in [5.41, 5.74) is 0.143. The first kappa shape index (κ1) is 9.11. The number of hydrogen-bond donors (Lipinski definition) is 2. The zero-order valence-electron chi connectivity index (χ0n) is 6.58. The van der Waals surface area contributed by atoms with Crippen molar-refractivity contribution in [2.45, 2.75) is 6.42 Å². The first-order valence-corrected chi connectivity index (χ1v) is 3.43. The van der Waals surface area contributed by atoms with E-state index < -0.39 is 5.97 Å². The van der Waals surface area contributed by atoms with Gasteiger partial charge in [-0.3, -0.25) is 0 Å². The molecule has 0 atom stereocenters. The molecule has 1 aromatic heterocycles. The normalized spacial score (nSPS) is 11.2. The van der Waals surface area contributed by atoms with Gasteiger partial charge in [0, 0.05) is 12.6 Å². The van der Waals surface area contributed by atoms with E-state index in [4.69, 9.17) is 10.3 Å². The third kappa shape index (κ3) is 2.51. The Kier molecular flexibility index (Phi) is 2.91. The van der Waals surface area contributed by atoms with Crippen molar-refractivity contribution in [1.29, 1.82) is 0 Å². The third-order valence-electron chi connectivity index (χ3n) is 1.36. The maximum atomic E-state index is 10.4. The Morgan fingerprint density at radius 1 is 1.62 bits per heavy atom. The van der Waals surface area contributed by atoms with Gasteiger partial charge in [0.2, 0.25) is 0 Å². The van der Waals surface area contributed by atoms with Crippen LogP contribution in [0, 0.1) is 0 Å².